The van der Waals surface area contributed by atoms with Gasteiger partial charge >= 0.3 is 5.97 Å². The van der Waals surface area contributed by atoms with Crippen LogP contribution < -0.4 is 5.32 Å². The van der Waals surface area contributed by atoms with Crippen molar-refractivity contribution in [1.29, 1.82) is 0 Å². The largest absolute Gasteiger partial charge is 0.481 e. The van der Waals surface area contributed by atoms with Crippen LogP contribution >= 0.6 is 23.1 Å². The zero-order valence-electron chi connectivity index (χ0n) is 10.6. The lowest BCUT2D eigenvalue weighted by atomic mass is 10.1. The van der Waals surface area contributed by atoms with Gasteiger partial charge in [0, 0.05) is 16.7 Å². The van der Waals surface area contributed by atoms with Gasteiger partial charge in [-0.15, -0.1) is 11.3 Å². The van der Waals surface area contributed by atoms with E-state index < -0.39 is 11.9 Å². The van der Waals surface area contributed by atoms with Gasteiger partial charge in [0.1, 0.15) is 5.92 Å². The van der Waals surface area contributed by atoms with Crippen molar-refractivity contribution in [2.24, 2.45) is 0 Å². The van der Waals surface area contributed by atoms with Crippen LogP contribution in [0.2, 0.25) is 0 Å². The quantitative estimate of drug-likeness (QED) is 0.842. The molecule has 0 aliphatic heterocycles. The van der Waals surface area contributed by atoms with Crippen molar-refractivity contribution in [3.63, 3.8) is 0 Å². The van der Waals surface area contributed by atoms with E-state index in [1.165, 1.54) is 0 Å². The van der Waals surface area contributed by atoms with Crippen LogP contribution in [0, 0.1) is 0 Å². The summed E-state index contributed by atoms with van der Waals surface area (Å²) in [5.74, 6) is -0.0995. The number of carboxylic acid groups (broad SMARTS) is 1. The number of aliphatic carboxylic acids is 1. The summed E-state index contributed by atoms with van der Waals surface area (Å²) in [6, 6.07) is 0.412. The van der Waals surface area contributed by atoms with Gasteiger partial charge in [-0.1, -0.05) is 6.92 Å². The van der Waals surface area contributed by atoms with E-state index in [1.807, 2.05) is 11.8 Å². The smallest absolute Gasteiger partial charge is 0.312 e. The van der Waals surface area contributed by atoms with E-state index in [0.717, 1.165) is 34.3 Å². The average molecular weight is 286 g/mol. The number of carbonyl (C=O) groups is 1. The van der Waals surface area contributed by atoms with Crippen LogP contribution in [0.5, 0.6) is 0 Å². The number of hydrogen-bond acceptors (Lipinski definition) is 5. The first-order chi connectivity index (χ1) is 8.65. The number of anilines is 1. The van der Waals surface area contributed by atoms with E-state index in [4.69, 9.17) is 5.11 Å². The van der Waals surface area contributed by atoms with Crippen LogP contribution in [0.1, 0.15) is 36.3 Å². The molecule has 1 heterocycles. The van der Waals surface area contributed by atoms with Crippen molar-refractivity contribution < 1.29 is 9.90 Å². The molecule has 1 aromatic heterocycles. The molecule has 0 bridgehead atoms. The standard InChI is InChI=1S/C12H18N2O2S2/c1-3-7(6-17-2)13-12-14-10-8(11(15)16)4-5-9(10)18-12/h7-8H,3-6H2,1-2H3,(H,13,14)(H,15,16). The van der Waals surface area contributed by atoms with Crippen molar-refractivity contribution in [3.05, 3.63) is 10.6 Å². The molecule has 4 nitrogen and oxygen atoms in total. The van der Waals surface area contributed by atoms with Crippen LogP contribution in [-0.4, -0.2) is 34.1 Å². The predicted molar refractivity (Wildman–Crippen MR) is 76.9 cm³/mol. The van der Waals surface area contributed by atoms with Crippen LogP contribution in [0.3, 0.4) is 0 Å². The van der Waals surface area contributed by atoms with Crippen LogP contribution in [-0.2, 0) is 11.2 Å². The highest BCUT2D eigenvalue weighted by Crippen LogP contribution is 2.38. The Balaban J connectivity index is 2.09. The Morgan fingerprint density at radius 3 is 3.11 bits per heavy atom. The third-order valence-electron chi connectivity index (χ3n) is 3.20. The first-order valence-corrected chi connectivity index (χ1v) is 8.34. The molecule has 0 fully saturated rings. The number of carboxylic acids is 1. The fourth-order valence-electron chi connectivity index (χ4n) is 2.17. The summed E-state index contributed by atoms with van der Waals surface area (Å²) in [5.41, 5.74) is 0.786. The number of nitrogens with one attached hydrogen (secondary N) is 1. The van der Waals surface area contributed by atoms with Crippen molar-refractivity contribution in [2.75, 3.05) is 17.3 Å². The van der Waals surface area contributed by atoms with E-state index in [2.05, 4.69) is 23.5 Å². The van der Waals surface area contributed by atoms with E-state index in [0.29, 0.717) is 12.5 Å². The lowest BCUT2D eigenvalue weighted by Gasteiger charge is -2.14. The van der Waals surface area contributed by atoms with Crippen LogP contribution in [0.15, 0.2) is 0 Å². The molecule has 1 aliphatic carbocycles. The van der Waals surface area contributed by atoms with Crippen molar-refractivity contribution in [3.8, 4) is 0 Å². The first kappa shape index (κ1) is 13.7. The average Bonchev–Trinajstić information content (AvgIpc) is 2.87. The number of nitrogens with zero attached hydrogens (tertiary/aromatic N) is 1. The van der Waals surface area contributed by atoms with Gasteiger partial charge in [-0.25, -0.2) is 4.98 Å². The first-order valence-electron chi connectivity index (χ1n) is 6.13. The van der Waals surface area contributed by atoms with Gasteiger partial charge in [-0.05, 0) is 25.5 Å². The molecule has 1 aromatic rings. The van der Waals surface area contributed by atoms with Gasteiger partial charge in [-0.3, -0.25) is 4.79 Å². The van der Waals surface area contributed by atoms with E-state index in [1.54, 1.807) is 11.3 Å². The molecule has 100 valence electrons. The summed E-state index contributed by atoms with van der Waals surface area (Å²) in [6.45, 7) is 2.15. The Labute approximate surface area is 115 Å². The topological polar surface area (TPSA) is 62.2 Å². The minimum atomic E-state index is -0.748. The van der Waals surface area contributed by atoms with Gasteiger partial charge < -0.3 is 10.4 Å². The minimum absolute atomic E-state index is 0.396. The minimum Gasteiger partial charge on any atom is -0.481 e. The Morgan fingerprint density at radius 1 is 1.72 bits per heavy atom. The molecule has 2 atom stereocenters. The summed E-state index contributed by atoms with van der Waals surface area (Å²) in [6.07, 6.45) is 4.69. The summed E-state index contributed by atoms with van der Waals surface area (Å²) < 4.78 is 0. The highest BCUT2D eigenvalue weighted by molar-refractivity contribution is 7.98. The fraction of sp³-hybridized carbons (Fsp3) is 0.667. The second-order valence-electron chi connectivity index (χ2n) is 4.46. The summed E-state index contributed by atoms with van der Waals surface area (Å²) in [5, 5.41) is 13.4. The second kappa shape index (κ2) is 5.93. The molecule has 2 N–H and O–H groups in total. The molecule has 2 rings (SSSR count). The van der Waals surface area contributed by atoms with Crippen molar-refractivity contribution >= 4 is 34.2 Å². The molecule has 0 saturated carbocycles. The Morgan fingerprint density at radius 2 is 2.50 bits per heavy atom. The molecule has 0 spiro atoms. The van der Waals surface area contributed by atoms with Crippen LogP contribution in [0.25, 0.3) is 0 Å². The van der Waals surface area contributed by atoms with E-state index in [-0.39, 0.29) is 0 Å². The molecule has 6 heteroatoms. The molecule has 0 radical (unpaired) electrons. The van der Waals surface area contributed by atoms with Crippen LogP contribution in [0.4, 0.5) is 5.13 Å². The highest BCUT2D eigenvalue weighted by Gasteiger charge is 2.32. The van der Waals surface area contributed by atoms with Gasteiger partial charge in [0.25, 0.3) is 0 Å². The lowest BCUT2D eigenvalue weighted by Crippen LogP contribution is -2.21. The molecule has 18 heavy (non-hydrogen) atoms. The van der Waals surface area contributed by atoms with E-state index >= 15 is 0 Å². The molecule has 0 amide bonds. The molecular formula is C12H18N2O2S2. The number of hydrogen-bond donors (Lipinski definition) is 2. The Hall–Kier alpha value is -0.750. The number of rotatable bonds is 6. The summed E-state index contributed by atoms with van der Waals surface area (Å²) in [7, 11) is 0. The summed E-state index contributed by atoms with van der Waals surface area (Å²) >= 11 is 3.43. The normalized spacial score (nSPS) is 19.6. The zero-order chi connectivity index (χ0) is 13.1. The number of thioether (sulfide) groups is 1. The maximum Gasteiger partial charge on any atom is 0.312 e. The van der Waals surface area contributed by atoms with Crippen molar-refractivity contribution in [1.82, 2.24) is 4.98 Å². The predicted octanol–water partition coefficient (Wildman–Crippen LogP) is 2.81. The highest BCUT2D eigenvalue weighted by atomic mass is 32.2. The maximum absolute atomic E-state index is 11.1. The van der Waals surface area contributed by atoms with Gasteiger partial charge in [0.15, 0.2) is 5.13 Å². The molecule has 0 saturated heterocycles. The SMILES string of the molecule is CCC(CSC)Nc1nc2c(s1)CCC2C(=O)O. The third-order valence-corrected chi connectivity index (χ3v) is 5.00. The molecule has 0 aromatic carbocycles. The number of thiazole rings is 1. The number of fused-ring (bicyclic) bond motifs is 1. The Bertz CT molecular complexity index is 434. The summed E-state index contributed by atoms with van der Waals surface area (Å²) in [4.78, 5) is 16.7. The zero-order valence-corrected chi connectivity index (χ0v) is 12.2. The van der Waals surface area contributed by atoms with Gasteiger partial charge in [-0.2, -0.15) is 11.8 Å². The molecular weight excluding hydrogens is 268 g/mol. The maximum atomic E-state index is 11.1. The monoisotopic (exact) mass is 286 g/mol. The number of aromatic nitrogens is 1. The van der Waals surface area contributed by atoms with Gasteiger partial charge in [0.2, 0.25) is 0 Å². The number of aryl methyl sites for hydroxylation is 1. The Kier molecular flexibility index (Phi) is 4.50. The van der Waals surface area contributed by atoms with Crippen molar-refractivity contribution in [2.45, 2.75) is 38.1 Å². The second-order valence-corrected chi connectivity index (χ2v) is 6.46. The van der Waals surface area contributed by atoms with E-state index in [9.17, 15) is 4.79 Å². The molecule has 2 unspecified atom stereocenters. The fourth-order valence-corrected chi connectivity index (χ4v) is 4.00. The lowest BCUT2D eigenvalue weighted by molar-refractivity contribution is -0.138. The molecule has 1 aliphatic rings. The third kappa shape index (κ3) is 2.80. The van der Waals surface area contributed by atoms with Gasteiger partial charge in [0.05, 0.1) is 5.69 Å².